The predicted molar refractivity (Wildman–Crippen MR) is 408 cm³/mol. The van der Waals surface area contributed by atoms with Crippen LogP contribution in [0, 0.1) is 80.8 Å². The van der Waals surface area contributed by atoms with Crippen LogP contribution in [0.5, 0.6) is 0 Å². The van der Waals surface area contributed by atoms with Crippen molar-refractivity contribution >= 4 is 0 Å². The minimum atomic E-state index is -5.19. The highest BCUT2D eigenvalue weighted by Crippen LogP contribution is 2.46. The molecule has 0 radical (unpaired) electrons. The second kappa shape index (κ2) is 66.0. The van der Waals surface area contributed by atoms with Crippen LogP contribution >= 0.6 is 0 Å². The summed E-state index contributed by atoms with van der Waals surface area (Å²) in [5, 5.41) is 0. The van der Waals surface area contributed by atoms with Gasteiger partial charge in [-0.1, -0.05) is 317 Å². The van der Waals surface area contributed by atoms with E-state index in [-0.39, 0.29) is 49.4 Å². The fraction of sp³-hybridized carbons (Fsp3) is 1.00. The van der Waals surface area contributed by atoms with Crippen LogP contribution in [0.3, 0.4) is 0 Å². The summed E-state index contributed by atoms with van der Waals surface area (Å²) in [5.74, 6) is -9.39. The van der Waals surface area contributed by atoms with Crippen LogP contribution in [0.25, 0.3) is 0 Å². The molecule has 0 aromatic rings. The van der Waals surface area contributed by atoms with E-state index < -0.39 is 158 Å². The van der Waals surface area contributed by atoms with Crippen LogP contribution in [-0.4, -0.2) is 74.1 Å². The van der Waals surface area contributed by atoms with Crippen molar-refractivity contribution in [1.29, 1.82) is 0 Å². The molecule has 0 saturated heterocycles. The van der Waals surface area contributed by atoms with E-state index >= 15 is 0 Å². The second-order valence-electron chi connectivity index (χ2n) is 33.6. The van der Waals surface area contributed by atoms with Gasteiger partial charge in [0.1, 0.15) is 0 Å². The molecule has 0 rings (SSSR count). The molecule has 0 saturated carbocycles. The molecule has 4 atom stereocenters. The summed E-state index contributed by atoms with van der Waals surface area (Å²) in [5.41, 5.74) is -3.13. The summed E-state index contributed by atoms with van der Waals surface area (Å²) >= 11 is 0. The van der Waals surface area contributed by atoms with E-state index in [1.165, 1.54) is 74.7 Å². The Morgan fingerprint density at radius 2 is 0.636 bits per heavy atom. The van der Waals surface area contributed by atoms with Gasteiger partial charge in [-0.25, -0.2) is 0 Å². The average molecular weight is 1820 g/mol. The lowest BCUT2D eigenvalue weighted by atomic mass is 9.81. The third-order valence-electron chi connectivity index (χ3n) is 19.0. The first kappa shape index (κ1) is 141. The topological polar surface area (TPSA) is 0 Å². The fourth-order valence-electron chi connectivity index (χ4n) is 7.89. The number of halogens is 36. The zero-order valence-electron chi connectivity index (χ0n) is 75.8. The molecule has 0 heterocycles. The molecule has 0 spiro atoms. The maximum Gasteiger partial charge on any atom is 0.400 e. The Morgan fingerprint density at radius 1 is 0.280 bits per heavy atom. The van der Waals surface area contributed by atoms with Gasteiger partial charge in [0.25, 0.3) is 0 Å². The molecule has 0 aliphatic heterocycles. The minimum absolute atomic E-state index is 0.0658. The Kier molecular flexibility index (Phi) is 79.0. The Labute approximate surface area is 685 Å². The van der Waals surface area contributed by atoms with Gasteiger partial charge in [-0.2, -0.15) is 158 Å². The van der Waals surface area contributed by atoms with Crippen molar-refractivity contribution in [3.05, 3.63) is 0 Å². The molecule has 36 heteroatoms. The number of hydrogen-bond donors (Lipinski definition) is 0. The van der Waals surface area contributed by atoms with E-state index in [4.69, 9.17) is 0 Å². The zero-order valence-corrected chi connectivity index (χ0v) is 75.8. The highest BCUT2D eigenvalue weighted by Gasteiger charge is 2.57. The summed E-state index contributed by atoms with van der Waals surface area (Å²) in [6.45, 7) is 51.5. The number of unbranched alkanes of at least 4 members (excludes halogenated alkanes) is 5. The van der Waals surface area contributed by atoms with Crippen LogP contribution in [0.4, 0.5) is 158 Å². The third-order valence-corrected chi connectivity index (χ3v) is 19.0. The first-order chi connectivity index (χ1) is 51.8. The largest absolute Gasteiger partial charge is 0.400 e. The third kappa shape index (κ3) is 101. The van der Waals surface area contributed by atoms with E-state index in [1.54, 1.807) is 83.1 Å². The lowest BCUT2D eigenvalue weighted by Crippen LogP contribution is -2.37. The van der Waals surface area contributed by atoms with Gasteiger partial charge in [0.2, 0.25) is 0 Å². The highest BCUT2D eigenvalue weighted by molar-refractivity contribution is 4.81. The summed E-state index contributed by atoms with van der Waals surface area (Å²) in [7, 11) is 0. The fourth-order valence-corrected chi connectivity index (χ4v) is 7.89. The summed E-state index contributed by atoms with van der Waals surface area (Å²) in [6.07, 6.45) is -43.6. The van der Waals surface area contributed by atoms with Crippen molar-refractivity contribution < 1.29 is 158 Å². The Morgan fingerprint density at radius 3 is 0.788 bits per heavy atom. The lowest BCUT2D eigenvalue weighted by Gasteiger charge is -2.31. The van der Waals surface area contributed by atoms with Gasteiger partial charge in [-0.3, -0.25) is 0 Å². The van der Waals surface area contributed by atoms with Gasteiger partial charge >= 0.3 is 74.1 Å². The molecule has 0 aromatic carbocycles. The van der Waals surface area contributed by atoms with E-state index in [1.807, 2.05) is 20.8 Å². The SMILES string of the molecule is CC(C)C(C)(C)C(F)(F)F.CC(C)CC(C(F)(F)F)C(F)(F)F.CCC(C)(C)C.CCC(C)(C)CC(F)(F)F.CCC(C)CC.CCC(CC)CC(F)(F)F.CCCC(C)(C)C(F)(F)F.CCCCC(C(F)(F)F)C(F)(F)F.CCCCCCC(F)(F)F.CCCC[C@H](C)C(F)(F)F.CCC[C@H](C)CC(F)(F)F.CC[C@H](C)C(C)C(F)(F)F. The standard InChI is InChI=1S/2C7H10F6.8C7H13F3.2C6H14/c1-4(2)3-5(6(8,9)10)7(11,12)13;1-2-3-4-5(6(8,9)10)7(11,12)13;1-5(2)6(3,4)7(8,9)10;1-4-6(2,3)5-7(8,9)10;1-4-5-6(2,3)7(8,9)10;1-4-5(2)6(3)7(8,9)10;1-3-4-6(2)5-7(8,9)10;1-3-4-5-6(2)7(8,9)10;1-3-6(4-2)5-7(8,9)10;1-2-3-4-5-6-7(8,9)10;1-5-6(2,3)4;1-4-6(3)5-2/h4-5H,3H2,1-2H3;5H,2-4H2,1H3;5H,1-4H3;2*4-5H2,1-3H3;5-6H,4H2,1-3H3;3*6H,3-5H2,1-2H3;2-6H2,1H3;5H2,1-4H3;6H,4-5H2,1-3H3/t;;;;;5-,6?;2*6-;;;;/m.....000..../s1. The van der Waals surface area contributed by atoms with Crippen molar-refractivity contribution in [3.8, 4) is 0 Å². The maximum absolute atomic E-state index is 12.1. The van der Waals surface area contributed by atoms with E-state index in [2.05, 4.69) is 48.5 Å². The van der Waals surface area contributed by atoms with Crippen LogP contribution in [-0.2, 0) is 0 Å². The van der Waals surface area contributed by atoms with Gasteiger partial charge in [0.05, 0.1) is 22.7 Å². The van der Waals surface area contributed by atoms with Crippen LogP contribution in [0.1, 0.15) is 375 Å². The van der Waals surface area contributed by atoms with Crippen LogP contribution in [0.2, 0.25) is 0 Å². The van der Waals surface area contributed by atoms with E-state index in [0.29, 0.717) is 63.2 Å². The van der Waals surface area contributed by atoms with Crippen molar-refractivity contribution in [1.82, 2.24) is 0 Å². The zero-order chi connectivity index (χ0) is 98.2. The minimum Gasteiger partial charge on any atom is -0.171 e. The maximum atomic E-state index is 12.1. The first-order valence-corrected chi connectivity index (χ1v) is 40.6. The molecule has 732 valence electrons. The number of hydrogen-bond acceptors (Lipinski definition) is 0. The molecule has 0 nitrogen and oxygen atoms in total. The molecule has 0 fully saturated rings. The van der Waals surface area contributed by atoms with Crippen LogP contribution in [0.15, 0.2) is 0 Å². The Balaban J connectivity index is -0.000000104. The number of rotatable bonds is 27. The molecule has 0 aliphatic carbocycles. The first-order valence-electron chi connectivity index (χ1n) is 40.6. The van der Waals surface area contributed by atoms with Gasteiger partial charge in [-0.05, 0) is 78.4 Å². The summed E-state index contributed by atoms with van der Waals surface area (Å²) < 4.78 is 425. The van der Waals surface area contributed by atoms with Gasteiger partial charge in [-0.15, -0.1) is 0 Å². The normalized spacial score (nSPS) is 14.0. The molecule has 0 aliphatic rings. The Hall–Kier alpha value is -2.52. The monoisotopic (exact) mass is 1820 g/mol. The van der Waals surface area contributed by atoms with E-state index in [9.17, 15) is 158 Å². The molecule has 118 heavy (non-hydrogen) atoms. The van der Waals surface area contributed by atoms with Crippen molar-refractivity contribution in [2.24, 2.45) is 80.8 Å². The van der Waals surface area contributed by atoms with Gasteiger partial charge in [0, 0.05) is 25.7 Å². The van der Waals surface area contributed by atoms with E-state index in [0.717, 1.165) is 31.6 Å². The molecule has 1 unspecified atom stereocenters. The second-order valence-corrected chi connectivity index (χ2v) is 33.6. The molecule has 0 amide bonds. The Bertz CT molecular complexity index is 2130. The van der Waals surface area contributed by atoms with Crippen molar-refractivity contribution in [3.63, 3.8) is 0 Å². The highest BCUT2D eigenvalue weighted by atomic mass is 19.5. The van der Waals surface area contributed by atoms with Crippen LogP contribution < -0.4 is 0 Å². The quantitative estimate of drug-likeness (QED) is 0.0568. The predicted octanol–water partition coefficient (Wildman–Crippen LogP) is 39.4. The van der Waals surface area contributed by atoms with Crippen molar-refractivity contribution in [2.45, 2.75) is 449 Å². The summed E-state index contributed by atoms with van der Waals surface area (Å²) in [4.78, 5) is 0. The molecule has 0 N–H and O–H groups in total. The molecular weight excluding hydrogens is 1670 g/mol. The molecular formula is C82H152F36. The van der Waals surface area contributed by atoms with Gasteiger partial charge < -0.3 is 0 Å². The van der Waals surface area contributed by atoms with Gasteiger partial charge in [0.15, 0.2) is 11.8 Å². The lowest BCUT2D eigenvalue weighted by molar-refractivity contribution is -0.288. The molecule has 0 aromatic heterocycles. The summed E-state index contributed by atoms with van der Waals surface area (Å²) in [6, 6.07) is 0. The number of alkyl halides is 36. The molecule has 0 bridgehead atoms. The smallest absolute Gasteiger partial charge is 0.171 e. The van der Waals surface area contributed by atoms with Crippen molar-refractivity contribution in [2.75, 3.05) is 0 Å². The average Bonchev–Trinajstić information content (AvgIpc) is 0.796.